The average molecular weight is 305 g/mol. The third-order valence-corrected chi connectivity index (χ3v) is 3.00. The summed E-state index contributed by atoms with van der Waals surface area (Å²) >= 11 is 4.74. The van der Waals surface area contributed by atoms with Crippen LogP contribution in [0.15, 0.2) is 48.5 Å². The molecule has 0 aliphatic heterocycles. The van der Waals surface area contributed by atoms with Gasteiger partial charge in [-0.05, 0) is 24.3 Å². The quantitative estimate of drug-likeness (QED) is 0.629. The lowest BCUT2D eigenvalue weighted by molar-refractivity contribution is 0.247. The number of ether oxygens (including phenoxy) is 2. The van der Waals surface area contributed by atoms with Gasteiger partial charge in [0, 0.05) is 18.1 Å². The van der Waals surface area contributed by atoms with Gasteiger partial charge in [0.1, 0.15) is 22.3 Å². The normalized spacial score (nSPS) is 10.1. The van der Waals surface area contributed by atoms with Crippen LogP contribution in [0.3, 0.4) is 0 Å². The van der Waals surface area contributed by atoms with Gasteiger partial charge in [-0.25, -0.2) is 4.39 Å². The highest BCUT2D eigenvalue weighted by atomic mass is 32.1. The van der Waals surface area contributed by atoms with Crippen LogP contribution >= 0.6 is 12.2 Å². The van der Waals surface area contributed by atoms with E-state index in [4.69, 9.17) is 27.4 Å². The van der Waals surface area contributed by atoms with Crippen molar-refractivity contribution in [2.45, 2.75) is 6.42 Å². The van der Waals surface area contributed by atoms with Gasteiger partial charge in [0.25, 0.3) is 0 Å². The van der Waals surface area contributed by atoms with Crippen LogP contribution in [0.1, 0.15) is 12.0 Å². The average Bonchev–Trinajstić information content (AvgIpc) is 2.47. The van der Waals surface area contributed by atoms with E-state index in [0.29, 0.717) is 25.4 Å². The number of benzene rings is 2. The van der Waals surface area contributed by atoms with Gasteiger partial charge in [-0.2, -0.15) is 0 Å². The van der Waals surface area contributed by atoms with E-state index in [-0.39, 0.29) is 10.6 Å². The van der Waals surface area contributed by atoms with Gasteiger partial charge in [0.05, 0.1) is 13.2 Å². The molecule has 2 aromatic rings. The monoisotopic (exact) mass is 305 g/mol. The Balaban J connectivity index is 1.74. The van der Waals surface area contributed by atoms with Gasteiger partial charge in [0.2, 0.25) is 0 Å². The fourth-order valence-corrected chi connectivity index (χ4v) is 1.91. The first-order valence-corrected chi connectivity index (χ1v) is 6.97. The summed E-state index contributed by atoms with van der Waals surface area (Å²) in [6.07, 6.45) is 0.702. The molecule has 0 spiro atoms. The van der Waals surface area contributed by atoms with Crippen LogP contribution in [0.2, 0.25) is 0 Å². The van der Waals surface area contributed by atoms with Crippen molar-refractivity contribution in [3.8, 4) is 11.5 Å². The van der Waals surface area contributed by atoms with Gasteiger partial charge in [-0.3, -0.25) is 0 Å². The van der Waals surface area contributed by atoms with Crippen molar-refractivity contribution in [1.82, 2.24) is 0 Å². The van der Waals surface area contributed by atoms with Crippen LogP contribution in [0.25, 0.3) is 0 Å². The van der Waals surface area contributed by atoms with Gasteiger partial charge < -0.3 is 15.2 Å². The molecular weight excluding hydrogens is 289 g/mol. The summed E-state index contributed by atoms with van der Waals surface area (Å²) in [5, 5.41) is 0. The van der Waals surface area contributed by atoms with Crippen molar-refractivity contribution in [3.63, 3.8) is 0 Å². The van der Waals surface area contributed by atoms with E-state index in [2.05, 4.69) is 0 Å². The fourth-order valence-electron chi connectivity index (χ4n) is 1.74. The summed E-state index contributed by atoms with van der Waals surface area (Å²) in [6.45, 7) is 0.982. The van der Waals surface area contributed by atoms with Crippen LogP contribution in [-0.4, -0.2) is 18.2 Å². The molecule has 2 N–H and O–H groups in total. The maximum Gasteiger partial charge on any atom is 0.137 e. The van der Waals surface area contributed by atoms with Crippen LogP contribution < -0.4 is 15.2 Å². The lowest BCUT2D eigenvalue weighted by atomic mass is 10.2. The molecule has 2 aromatic carbocycles. The van der Waals surface area contributed by atoms with Gasteiger partial charge in [-0.15, -0.1) is 0 Å². The molecule has 3 nitrogen and oxygen atoms in total. The number of halogens is 1. The summed E-state index contributed by atoms with van der Waals surface area (Å²) in [6, 6.07) is 14.0. The molecule has 0 aliphatic carbocycles. The van der Waals surface area contributed by atoms with Crippen LogP contribution in [-0.2, 0) is 0 Å². The SMILES string of the molecule is NC(=S)c1ccc(OCCCOc2ccccc2)cc1F. The molecule has 0 atom stereocenters. The van der Waals surface area contributed by atoms with E-state index in [9.17, 15) is 4.39 Å². The molecule has 0 aliphatic rings. The van der Waals surface area contributed by atoms with Crippen molar-refractivity contribution in [3.05, 3.63) is 59.9 Å². The van der Waals surface area contributed by atoms with Crippen LogP contribution in [0, 0.1) is 5.82 Å². The molecule has 0 saturated heterocycles. The maximum atomic E-state index is 13.6. The number of nitrogens with two attached hydrogens (primary N) is 1. The molecule has 0 radical (unpaired) electrons. The van der Waals surface area contributed by atoms with Crippen molar-refractivity contribution in [2.75, 3.05) is 13.2 Å². The molecule has 21 heavy (non-hydrogen) atoms. The Bertz CT molecular complexity index is 604. The Morgan fingerprint density at radius 1 is 1.00 bits per heavy atom. The molecule has 5 heteroatoms. The number of hydrogen-bond donors (Lipinski definition) is 1. The Morgan fingerprint density at radius 2 is 1.67 bits per heavy atom. The minimum atomic E-state index is -0.472. The summed E-state index contributed by atoms with van der Waals surface area (Å²) in [5.41, 5.74) is 5.62. The van der Waals surface area contributed by atoms with Crippen molar-refractivity contribution in [1.29, 1.82) is 0 Å². The van der Waals surface area contributed by atoms with Gasteiger partial charge in [0.15, 0.2) is 0 Å². The summed E-state index contributed by atoms with van der Waals surface area (Å²) in [5.74, 6) is 0.803. The lowest BCUT2D eigenvalue weighted by Gasteiger charge is -2.09. The minimum absolute atomic E-state index is 0.0373. The summed E-state index contributed by atoms with van der Waals surface area (Å²) < 4.78 is 24.6. The molecule has 0 amide bonds. The van der Waals surface area contributed by atoms with E-state index in [1.165, 1.54) is 12.1 Å². The predicted molar refractivity (Wildman–Crippen MR) is 84.3 cm³/mol. The number of para-hydroxylation sites is 1. The molecule has 0 bridgehead atoms. The second-order valence-corrected chi connectivity index (χ2v) is 4.81. The molecule has 0 unspecified atom stereocenters. The second kappa shape index (κ2) is 7.59. The molecule has 0 saturated carbocycles. The van der Waals surface area contributed by atoms with Crippen LogP contribution in [0.4, 0.5) is 4.39 Å². The molecular formula is C16H16FNO2S. The van der Waals surface area contributed by atoms with E-state index in [0.717, 1.165) is 5.75 Å². The van der Waals surface area contributed by atoms with Crippen LogP contribution in [0.5, 0.6) is 11.5 Å². The van der Waals surface area contributed by atoms with Crippen molar-refractivity contribution >= 4 is 17.2 Å². The highest BCUT2D eigenvalue weighted by Gasteiger charge is 2.06. The lowest BCUT2D eigenvalue weighted by Crippen LogP contribution is -2.12. The van der Waals surface area contributed by atoms with Crippen molar-refractivity contribution in [2.24, 2.45) is 5.73 Å². The first-order chi connectivity index (χ1) is 10.2. The third kappa shape index (κ3) is 4.72. The second-order valence-electron chi connectivity index (χ2n) is 4.37. The number of thiocarbonyl (C=S) groups is 1. The maximum absolute atomic E-state index is 13.6. The fraction of sp³-hybridized carbons (Fsp3) is 0.188. The van der Waals surface area contributed by atoms with E-state index in [1.54, 1.807) is 6.07 Å². The summed E-state index contributed by atoms with van der Waals surface area (Å²) in [4.78, 5) is 0.0373. The largest absolute Gasteiger partial charge is 0.493 e. The number of hydrogen-bond acceptors (Lipinski definition) is 3. The Morgan fingerprint density at radius 3 is 2.29 bits per heavy atom. The topological polar surface area (TPSA) is 44.5 Å². The summed E-state index contributed by atoms with van der Waals surface area (Å²) in [7, 11) is 0. The minimum Gasteiger partial charge on any atom is -0.493 e. The smallest absolute Gasteiger partial charge is 0.137 e. The molecule has 110 valence electrons. The number of rotatable bonds is 7. The Kier molecular flexibility index (Phi) is 5.51. The first kappa shape index (κ1) is 15.3. The van der Waals surface area contributed by atoms with Crippen molar-refractivity contribution < 1.29 is 13.9 Å². The predicted octanol–water partition coefficient (Wildman–Crippen LogP) is 3.31. The Hall–Kier alpha value is -2.14. The third-order valence-electron chi connectivity index (χ3n) is 2.78. The molecule has 0 heterocycles. The highest BCUT2D eigenvalue weighted by molar-refractivity contribution is 7.80. The highest BCUT2D eigenvalue weighted by Crippen LogP contribution is 2.17. The Labute approximate surface area is 128 Å². The van der Waals surface area contributed by atoms with Gasteiger partial charge in [-0.1, -0.05) is 30.4 Å². The zero-order chi connectivity index (χ0) is 15.1. The zero-order valence-electron chi connectivity index (χ0n) is 11.4. The van der Waals surface area contributed by atoms with E-state index >= 15 is 0 Å². The van der Waals surface area contributed by atoms with Gasteiger partial charge >= 0.3 is 0 Å². The van der Waals surface area contributed by atoms with E-state index in [1.807, 2.05) is 30.3 Å². The molecule has 0 aromatic heterocycles. The van der Waals surface area contributed by atoms with E-state index < -0.39 is 5.82 Å². The first-order valence-electron chi connectivity index (χ1n) is 6.57. The zero-order valence-corrected chi connectivity index (χ0v) is 12.2. The standard InChI is InChI=1S/C16H16FNO2S/c17-15-11-13(7-8-14(15)16(18)21)20-10-4-9-19-12-5-2-1-3-6-12/h1-3,5-8,11H,4,9-10H2,(H2,18,21). The molecule has 0 fully saturated rings. The molecule has 2 rings (SSSR count).